The van der Waals surface area contributed by atoms with E-state index >= 15 is 0 Å². The fraction of sp³-hybridized carbons (Fsp3) is 0.735. The minimum absolute atomic E-state index is 0.107. The Labute approximate surface area is 222 Å². The second-order valence-electron chi connectivity index (χ2n) is 11.8. The van der Waals surface area contributed by atoms with Gasteiger partial charge in [0.1, 0.15) is 6.10 Å². The van der Waals surface area contributed by atoms with Crippen LogP contribution in [0, 0.1) is 17.8 Å². The van der Waals surface area contributed by atoms with Crippen LogP contribution < -0.4 is 0 Å². The minimum atomic E-state index is -0.139. The number of benzene rings is 1. The topological polar surface area (TPSA) is 26.3 Å². The molecule has 1 unspecified atom stereocenters. The average Bonchev–Trinajstić information content (AvgIpc) is 2.92. The van der Waals surface area contributed by atoms with E-state index in [1.807, 2.05) is 12.1 Å². The van der Waals surface area contributed by atoms with E-state index in [4.69, 9.17) is 4.74 Å². The van der Waals surface area contributed by atoms with Gasteiger partial charge in [-0.3, -0.25) is 0 Å². The fourth-order valence-electron chi connectivity index (χ4n) is 6.37. The smallest absolute Gasteiger partial charge is 0.338 e. The summed E-state index contributed by atoms with van der Waals surface area (Å²) in [4.78, 5) is 12.8. The molecule has 0 radical (unpaired) electrons. The van der Waals surface area contributed by atoms with Gasteiger partial charge in [-0.15, -0.1) is 0 Å². The number of ether oxygens (including phenoxy) is 1. The third-order valence-corrected chi connectivity index (χ3v) is 9.18. The molecule has 2 heteroatoms. The molecule has 3 rings (SSSR count). The van der Waals surface area contributed by atoms with Crippen molar-refractivity contribution < 1.29 is 9.53 Å². The van der Waals surface area contributed by atoms with Gasteiger partial charge in [0.2, 0.25) is 0 Å². The minimum Gasteiger partial charge on any atom is -0.459 e. The molecule has 0 spiro atoms. The predicted octanol–water partition coefficient (Wildman–Crippen LogP) is 10.6. The van der Waals surface area contributed by atoms with Crippen LogP contribution in [0.5, 0.6) is 0 Å². The summed E-state index contributed by atoms with van der Waals surface area (Å²) in [5.41, 5.74) is 3.44. The molecule has 0 amide bonds. The van der Waals surface area contributed by atoms with Crippen LogP contribution in [-0.2, 0) is 4.74 Å². The fourth-order valence-corrected chi connectivity index (χ4v) is 6.37. The molecular formula is C34H54O2. The molecule has 0 saturated heterocycles. The Balaban J connectivity index is 1.36. The summed E-state index contributed by atoms with van der Waals surface area (Å²) in [7, 11) is 0. The average molecular weight is 495 g/mol. The molecule has 1 saturated carbocycles. The Bertz CT molecular complexity index is 765. The SMILES string of the molecule is CCCCCCCC[C@H]1CC[C@H](OC(=O)c2ccc(C3=CCC(CCC(CC)CC)CC3)cc2)CC1. The van der Waals surface area contributed by atoms with Crippen molar-refractivity contribution in [2.45, 2.75) is 142 Å². The maximum Gasteiger partial charge on any atom is 0.338 e. The summed E-state index contributed by atoms with van der Waals surface area (Å²) < 4.78 is 5.91. The van der Waals surface area contributed by atoms with Gasteiger partial charge in [-0.2, -0.15) is 0 Å². The summed E-state index contributed by atoms with van der Waals surface area (Å²) in [5.74, 6) is 2.46. The second kappa shape index (κ2) is 16.3. The third kappa shape index (κ3) is 9.71. The molecule has 1 aromatic rings. The van der Waals surface area contributed by atoms with Crippen molar-refractivity contribution >= 4 is 11.5 Å². The van der Waals surface area contributed by atoms with E-state index in [0.29, 0.717) is 5.56 Å². The third-order valence-electron chi connectivity index (χ3n) is 9.18. The lowest BCUT2D eigenvalue weighted by Crippen LogP contribution is -2.24. The van der Waals surface area contributed by atoms with Crippen LogP contribution in [-0.4, -0.2) is 12.1 Å². The highest BCUT2D eigenvalue weighted by molar-refractivity contribution is 5.90. The largest absolute Gasteiger partial charge is 0.459 e. The summed E-state index contributed by atoms with van der Waals surface area (Å²) in [5, 5.41) is 0. The zero-order valence-electron chi connectivity index (χ0n) is 23.7. The molecule has 0 aliphatic heterocycles. The van der Waals surface area contributed by atoms with Crippen molar-refractivity contribution in [1.82, 2.24) is 0 Å². The summed E-state index contributed by atoms with van der Waals surface area (Å²) >= 11 is 0. The van der Waals surface area contributed by atoms with Crippen molar-refractivity contribution in [2.24, 2.45) is 17.8 Å². The highest BCUT2D eigenvalue weighted by Crippen LogP contribution is 2.34. The predicted molar refractivity (Wildman–Crippen MR) is 154 cm³/mol. The zero-order valence-corrected chi connectivity index (χ0v) is 23.7. The maximum absolute atomic E-state index is 12.8. The standard InChI is InChI=1S/C34H54O2/c1-4-7-8-9-10-11-12-28-17-25-33(26-18-28)36-34(35)32-23-21-31(22-24-32)30-19-15-29(16-20-30)14-13-27(5-2)6-3/h19,21-24,27-29,33H,4-18,20,25-26H2,1-3H3/t28-,29?,33-. The van der Waals surface area contributed by atoms with Gasteiger partial charge in [-0.05, 0) is 92.4 Å². The first-order valence-electron chi connectivity index (χ1n) is 15.6. The molecule has 2 aliphatic rings. The van der Waals surface area contributed by atoms with Crippen LogP contribution in [0.1, 0.15) is 152 Å². The summed E-state index contributed by atoms with van der Waals surface area (Å²) in [6, 6.07) is 8.21. The first-order chi connectivity index (χ1) is 17.6. The zero-order chi connectivity index (χ0) is 25.6. The van der Waals surface area contributed by atoms with Crippen molar-refractivity contribution in [3.8, 4) is 0 Å². The van der Waals surface area contributed by atoms with E-state index in [1.165, 1.54) is 114 Å². The molecule has 1 atom stereocenters. The maximum atomic E-state index is 12.8. The first-order valence-corrected chi connectivity index (χ1v) is 15.6. The molecule has 0 heterocycles. The quantitative estimate of drug-likeness (QED) is 0.179. The highest BCUT2D eigenvalue weighted by atomic mass is 16.5. The second-order valence-corrected chi connectivity index (χ2v) is 11.8. The summed E-state index contributed by atoms with van der Waals surface area (Å²) in [6.45, 7) is 6.93. The highest BCUT2D eigenvalue weighted by Gasteiger charge is 2.24. The molecule has 2 nitrogen and oxygen atoms in total. The van der Waals surface area contributed by atoms with Crippen LogP contribution in [0.2, 0.25) is 0 Å². The molecular weight excluding hydrogens is 440 g/mol. The lowest BCUT2D eigenvalue weighted by atomic mass is 9.82. The van der Waals surface area contributed by atoms with E-state index in [-0.39, 0.29) is 12.1 Å². The van der Waals surface area contributed by atoms with Gasteiger partial charge in [-0.1, -0.05) is 103 Å². The molecule has 1 fully saturated rings. The first kappa shape index (κ1) is 29.0. The molecule has 2 aliphatic carbocycles. The number of hydrogen-bond acceptors (Lipinski definition) is 2. The molecule has 0 aromatic heterocycles. The van der Waals surface area contributed by atoms with Gasteiger partial charge in [-0.25, -0.2) is 4.79 Å². The van der Waals surface area contributed by atoms with Gasteiger partial charge in [0.15, 0.2) is 0 Å². The monoisotopic (exact) mass is 494 g/mol. The number of allylic oxidation sites excluding steroid dienone is 2. The number of carbonyl (C=O) groups excluding carboxylic acids is 1. The van der Waals surface area contributed by atoms with Crippen molar-refractivity contribution in [1.29, 1.82) is 0 Å². The van der Waals surface area contributed by atoms with E-state index in [9.17, 15) is 4.79 Å². The van der Waals surface area contributed by atoms with Gasteiger partial charge >= 0.3 is 5.97 Å². The number of esters is 1. The lowest BCUT2D eigenvalue weighted by molar-refractivity contribution is 0.0161. The molecule has 1 aromatic carbocycles. The van der Waals surface area contributed by atoms with Crippen molar-refractivity contribution in [2.75, 3.05) is 0 Å². The Morgan fingerprint density at radius 3 is 2.17 bits per heavy atom. The van der Waals surface area contributed by atoms with Crippen LogP contribution >= 0.6 is 0 Å². The Morgan fingerprint density at radius 2 is 1.53 bits per heavy atom. The number of rotatable bonds is 15. The van der Waals surface area contributed by atoms with Crippen LogP contribution in [0.3, 0.4) is 0 Å². The molecule has 202 valence electrons. The molecule has 0 bridgehead atoms. The van der Waals surface area contributed by atoms with E-state index in [2.05, 4.69) is 39.0 Å². The Kier molecular flexibility index (Phi) is 13.1. The van der Waals surface area contributed by atoms with Gasteiger partial charge < -0.3 is 4.74 Å². The molecule has 36 heavy (non-hydrogen) atoms. The number of hydrogen-bond donors (Lipinski definition) is 0. The van der Waals surface area contributed by atoms with Crippen LogP contribution in [0.4, 0.5) is 0 Å². The number of unbranched alkanes of at least 4 members (excludes halogenated alkanes) is 5. The van der Waals surface area contributed by atoms with Gasteiger partial charge in [0.05, 0.1) is 5.56 Å². The van der Waals surface area contributed by atoms with Crippen LogP contribution in [0.25, 0.3) is 5.57 Å². The normalized spacial score (nSPS) is 22.4. The number of carbonyl (C=O) groups is 1. The van der Waals surface area contributed by atoms with E-state index in [1.54, 1.807) is 0 Å². The summed E-state index contributed by atoms with van der Waals surface area (Å²) in [6.07, 6.45) is 25.8. The van der Waals surface area contributed by atoms with E-state index in [0.717, 1.165) is 30.6 Å². The van der Waals surface area contributed by atoms with Crippen LogP contribution in [0.15, 0.2) is 30.3 Å². The van der Waals surface area contributed by atoms with Crippen molar-refractivity contribution in [3.05, 3.63) is 41.5 Å². The Morgan fingerprint density at radius 1 is 0.833 bits per heavy atom. The van der Waals surface area contributed by atoms with Gasteiger partial charge in [0, 0.05) is 0 Å². The van der Waals surface area contributed by atoms with E-state index < -0.39 is 0 Å². The van der Waals surface area contributed by atoms with Crippen molar-refractivity contribution in [3.63, 3.8) is 0 Å². The Hall–Kier alpha value is -1.57. The lowest BCUT2D eigenvalue weighted by Gasteiger charge is -2.28. The van der Waals surface area contributed by atoms with Gasteiger partial charge in [0.25, 0.3) is 0 Å². The molecule has 0 N–H and O–H groups in total.